The number of nitrogens with zero attached hydrogens (tertiary/aromatic N) is 2. The summed E-state index contributed by atoms with van der Waals surface area (Å²) in [7, 11) is 0. The van der Waals surface area contributed by atoms with Crippen LogP contribution < -0.4 is 10.6 Å². The third-order valence-corrected chi connectivity index (χ3v) is 4.93. The van der Waals surface area contributed by atoms with E-state index in [-0.39, 0.29) is 6.03 Å². The summed E-state index contributed by atoms with van der Waals surface area (Å²) in [5, 5.41) is 6.10. The molecule has 23 heavy (non-hydrogen) atoms. The van der Waals surface area contributed by atoms with Crippen LogP contribution in [-0.4, -0.2) is 21.6 Å². The van der Waals surface area contributed by atoms with E-state index in [1.165, 1.54) is 37.6 Å². The smallest absolute Gasteiger partial charge is 0.315 e. The molecule has 1 aromatic heterocycles. The number of aromatic nitrogens is 2. The summed E-state index contributed by atoms with van der Waals surface area (Å²) in [5.74, 6) is 0.965. The molecule has 2 aliphatic rings. The van der Waals surface area contributed by atoms with E-state index in [0.29, 0.717) is 18.6 Å². The van der Waals surface area contributed by atoms with Crippen molar-refractivity contribution in [3.8, 4) is 0 Å². The Kier molecular flexibility index (Phi) is 3.93. The Hall–Kier alpha value is -2.04. The van der Waals surface area contributed by atoms with Crippen molar-refractivity contribution in [2.24, 2.45) is 0 Å². The molecule has 5 heteroatoms. The molecule has 0 bridgehead atoms. The molecule has 0 unspecified atom stereocenters. The molecule has 0 radical (unpaired) electrons. The number of hydrogen-bond acceptors (Lipinski definition) is 2. The molecule has 2 N–H and O–H groups in total. The van der Waals surface area contributed by atoms with Gasteiger partial charge in [-0.25, -0.2) is 9.78 Å². The Bertz CT molecular complexity index is 698. The van der Waals surface area contributed by atoms with Crippen LogP contribution in [0.15, 0.2) is 24.3 Å². The zero-order chi connectivity index (χ0) is 15.6. The SMILES string of the molecule is O=C(NCc1nc2ccccc2n1C1CC1)NC1CCCCC1. The number of nitrogens with one attached hydrogen (secondary N) is 2. The van der Waals surface area contributed by atoms with Gasteiger partial charge < -0.3 is 15.2 Å². The highest BCUT2D eigenvalue weighted by molar-refractivity contribution is 5.77. The molecule has 0 aliphatic heterocycles. The maximum absolute atomic E-state index is 12.1. The molecule has 0 saturated heterocycles. The summed E-state index contributed by atoms with van der Waals surface area (Å²) < 4.78 is 2.30. The maximum Gasteiger partial charge on any atom is 0.315 e. The van der Waals surface area contributed by atoms with Gasteiger partial charge in [0, 0.05) is 12.1 Å². The Morgan fingerprint density at radius 2 is 1.91 bits per heavy atom. The number of rotatable bonds is 4. The lowest BCUT2D eigenvalue weighted by molar-refractivity contribution is 0.232. The molecule has 0 spiro atoms. The minimum Gasteiger partial charge on any atom is -0.335 e. The van der Waals surface area contributed by atoms with E-state index in [4.69, 9.17) is 4.98 Å². The number of fused-ring (bicyclic) bond motifs is 1. The van der Waals surface area contributed by atoms with Gasteiger partial charge in [0.1, 0.15) is 5.82 Å². The number of para-hydroxylation sites is 2. The second-order valence-electron chi connectivity index (χ2n) is 6.78. The van der Waals surface area contributed by atoms with Crippen LogP contribution in [0.4, 0.5) is 4.79 Å². The number of amides is 2. The Morgan fingerprint density at radius 1 is 1.13 bits per heavy atom. The van der Waals surface area contributed by atoms with Crippen LogP contribution in [-0.2, 0) is 6.54 Å². The van der Waals surface area contributed by atoms with Gasteiger partial charge in [-0.2, -0.15) is 0 Å². The van der Waals surface area contributed by atoms with E-state index in [1.807, 2.05) is 12.1 Å². The van der Waals surface area contributed by atoms with Gasteiger partial charge in [-0.1, -0.05) is 31.4 Å². The van der Waals surface area contributed by atoms with Crippen molar-refractivity contribution in [2.45, 2.75) is 63.6 Å². The summed E-state index contributed by atoms with van der Waals surface area (Å²) in [5.41, 5.74) is 2.20. The highest BCUT2D eigenvalue weighted by Gasteiger charge is 2.28. The molecule has 2 saturated carbocycles. The van der Waals surface area contributed by atoms with Crippen LogP contribution >= 0.6 is 0 Å². The van der Waals surface area contributed by atoms with Gasteiger partial charge in [-0.3, -0.25) is 0 Å². The number of benzene rings is 1. The average molecular weight is 312 g/mol. The molecule has 122 valence electrons. The predicted molar refractivity (Wildman–Crippen MR) is 90.2 cm³/mol. The first-order valence-corrected chi connectivity index (χ1v) is 8.81. The molecule has 2 aromatic rings. The van der Waals surface area contributed by atoms with E-state index < -0.39 is 0 Å². The highest BCUT2D eigenvalue weighted by Crippen LogP contribution is 2.38. The fourth-order valence-electron chi connectivity index (χ4n) is 3.60. The minimum atomic E-state index is -0.0636. The van der Waals surface area contributed by atoms with Crippen molar-refractivity contribution < 1.29 is 4.79 Å². The van der Waals surface area contributed by atoms with Gasteiger partial charge in [0.25, 0.3) is 0 Å². The summed E-state index contributed by atoms with van der Waals surface area (Å²) >= 11 is 0. The van der Waals surface area contributed by atoms with E-state index >= 15 is 0 Å². The predicted octanol–water partition coefficient (Wildman–Crippen LogP) is 3.50. The van der Waals surface area contributed by atoms with Crippen LogP contribution in [0.1, 0.15) is 56.8 Å². The monoisotopic (exact) mass is 312 g/mol. The fraction of sp³-hybridized carbons (Fsp3) is 0.556. The first-order chi connectivity index (χ1) is 11.3. The molecule has 5 nitrogen and oxygen atoms in total. The van der Waals surface area contributed by atoms with Crippen molar-refractivity contribution in [3.05, 3.63) is 30.1 Å². The normalized spacial score (nSPS) is 19.0. The van der Waals surface area contributed by atoms with E-state index in [2.05, 4.69) is 27.3 Å². The summed E-state index contributed by atoms with van der Waals surface area (Å²) in [6.07, 6.45) is 8.38. The fourth-order valence-corrected chi connectivity index (χ4v) is 3.60. The summed E-state index contributed by atoms with van der Waals surface area (Å²) in [4.78, 5) is 16.9. The van der Waals surface area contributed by atoms with Crippen LogP contribution in [0.2, 0.25) is 0 Å². The average Bonchev–Trinajstić information content (AvgIpc) is 3.34. The number of carbonyl (C=O) groups excluding carboxylic acids is 1. The summed E-state index contributed by atoms with van der Waals surface area (Å²) in [6, 6.07) is 9.06. The van der Waals surface area contributed by atoms with E-state index in [0.717, 1.165) is 24.2 Å². The van der Waals surface area contributed by atoms with E-state index in [9.17, 15) is 4.79 Å². The van der Waals surface area contributed by atoms with Gasteiger partial charge >= 0.3 is 6.03 Å². The Labute approximate surface area is 136 Å². The summed E-state index contributed by atoms with van der Waals surface area (Å²) in [6.45, 7) is 0.490. The molecule has 4 rings (SSSR count). The largest absolute Gasteiger partial charge is 0.335 e. The topological polar surface area (TPSA) is 59.0 Å². The van der Waals surface area contributed by atoms with Gasteiger partial charge in [-0.05, 0) is 37.8 Å². The van der Waals surface area contributed by atoms with Gasteiger partial charge in [0.05, 0.1) is 17.6 Å². The zero-order valence-corrected chi connectivity index (χ0v) is 13.4. The molecule has 2 amide bonds. The van der Waals surface area contributed by atoms with Crippen molar-refractivity contribution in [1.82, 2.24) is 20.2 Å². The second-order valence-corrected chi connectivity index (χ2v) is 6.78. The molecular weight excluding hydrogens is 288 g/mol. The lowest BCUT2D eigenvalue weighted by Crippen LogP contribution is -2.42. The van der Waals surface area contributed by atoms with Crippen molar-refractivity contribution in [3.63, 3.8) is 0 Å². The Balaban J connectivity index is 1.43. The van der Waals surface area contributed by atoms with Crippen LogP contribution in [0.25, 0.3) is 11.0 Å². The quantitative estimate of drug-likeness (QED) is 0.907. The van der Waals surface area contributed by atoms with Crippen LogP contribution in [0.5, 0.6) is 0 Å². The second kappa shape index (κ2) is 6.22. The molecule has 0 atom stereocenters. The van der Waals surface area contributed by atoms with E-state index in [1.54, 1.807) is 0 Å². The third kappa shape index (κ3) is 3.19. The number of urea groups is 1. The maximum atomic E-state index is 12.1. The van der Waals surface area contributed by atoms with Gasteiger partial charge in [0.15, 0.2) is 0 Å². The van der Waals surface area contributed by atoms with Crippen LogP contribution in [0, 0.1) is 0 Å². The van der Waals surface area contributed by atoms with Crippen molar-refractivity contribution in [1.29, 1.82) is 0 Å². The third-order valence-electron chi connectivity index (χ3n) is 4.93. The number of hydrogen-bond donors (Lipinski definition) is 2. The number of carbonyl (C=O) groups is 1. The standard InChI is InChI=1S/C18H24N4O/c23-18(20-13-6-2-1-3-7-13)19-12-17-21-15-8-4-5-9-16(15)22(17)14-10-11-14/h4-5,8-9,13-14H,1-3,6-7,10-12H2,(H2,19,20,23). The molecule has 2 aliphatic carbocycles. The van der Waals surface area contributed by atoms with Crippen molar-refractivity contribution >= 4 is 17.1 Å². The zero-order valence-electron chi connectivity index (χ0n) is 13.4. The Morgan fingerprint density at radius 3 is 2.70 bits per heavy atom. The molecule has 1 heterocycles. The van der Waals surface area contributed by atoms with Crippen LogP contribution in [0.3, 0.4) is 0 Å². The van der Waals surface area contributed by atoms with Crippen molar-refractivity contribution in [2.75, 3.05) is 0 Å². The highest BCUT2D eigenvalue weighted by atomic mass is 16.2. The lowest BCUT2D eigenvalue weighted by atomic mass is 9.96. The molecular formula is C18H24N4O. The first-order valence-electron chi connectivity index (χ1n) is 8.81. The molecule has 1 aromatic carbocycles. The number of imidazole rings is 1. The minimum absolute atomic E-state index is 0.0636. The molecule has 2 fully saturated rings. The van der Waals surface area contributed by atoms with Gasteiger partial charge in [-0.15, -0.1) is 0 Å². The first kappa shape index (κ1) is 14.5. The van der Waals surface area contributed by atoms with Gasteiger partial charge in [0.2, 0.25) is 0 Å². The lowest BCUT2D eigenvalue weighted by Gasteiger charge is -2.22.